The number of carbonyl (C=O) groups excluding carboxylic acids is 1. The fraction of sp³-hybridized carbons (Fsp3) is 0.429. The molecular weight excluding hydrogens is 250 g/mol. The van der Waals surface area contributed by atoms with E-state index < -0.39 is 11.6 Å². The molecule has 1 aromatic carbocycles. The van der Waals surface area contributed by atoms with E-state index in [9.17, 15) is 13.6 Å². The van der Waals surface area contributed by atoms with Gasteiger partial charge in [0.2, 0.25) is 5.91 Å². The summed E-state index contributed by atoms with van der Waals surface area (Å²) in [6.07, 6.45) is 2.22. The molecule has 0 aromatic heterocycles. The van der Waals surface area contributed by atoms with E-state index in [1.54, 1.807) is 0 Å². The number of benzene rings is 1. The summed E-state index contributed by atoms with van der Waals surface area (Å²) in [6, 6.07) is 5.75. The van der Waals surface area contributed by atoms with Gasteiger partial charge in [-0.25, -0.2) is 8.78 Å². The lowest BCUT2D eigenvalue weighted by Gasteiger charge is -2.15. The van der Waals surface area contributed by atoms with Gasteiger partial charge in [0.25, 0.3) is 0 Å². The lowest BCUT2D eigenvalue weighted by molar-refractivity contribution is -0.121. The average molecular weight is 264 g/mol. The third-order valence-electron chi connectivity index (χ3n) is 3.41. The molecule has 100 valence electrons. The molecule has 1 fully saturated rings. The maximum absolute atomic E-state index is 13.4. The fourth-order valence-corrected chi connectivity index (χ4v) is 2.40. The Labute approximate surface area is 110 Å². The highest BCUT2D eigenvalue weighted by Crippen LogP contribution is 2.25. The quantitative estimate of drug-likeness (QED) is 0.910. The molecule has 2 unspecified atom stereocenters. The summed E-state index contributed by atoms with van der Waals surface area (Å²) < 4.78 is 26.4. The Bertz CT molecular complexity index is 525. The topological polar surface area (TPSA) is 52.9 Å². The molecule has 2 atom stereocenters. The van der Waals surface area contributed by atoms with Gasteiger partial charge >= 0.3 is 0 Å². The van der Waals surface area contributed by atoms with Crippen LogP contribution >= 0.6 is 0 Å². The van der Waals surface area contributed by atoms with Gasteiger partial charge < -0.3 is 5.32 Å². The Kier molecular flexibility index (Phi) is 4.10. The van der Waals surface area contributed by atoms with Crippen molar-refractivity contribution in [3.8, 4) is 6.07 Å². The Hall–Kier alpha value is -1.96. The minimum atomic E-state index is -0.985. The van der Waals surface area contributed by atoms with Gasteiger partial charge in [-0.2, -0.15) is 5.26 Å². The Morgan fingerprint density at radius 1 is 1.42 bits per heavy atom. The highest BCUT2D eigenvalue weighted by molar-refractivity contribution is 5.79. The molecule has 1 N–H and O–H groups in total. The number of hydrogen-bond donors (Lipinski definition) is 1. The van der Waals surface area contributed by atoms with Crippen molar-refractivity contribution in [2.24, 2.45) is 5.92 Å². The molecule has 2 rings (SSSR count). The van der Waals surface area contributed by atoms with E-state index in [1.807, 2.05) is 0 Å². The number of nitrogens with zero attached hydrogens (tertiary/aromatic N) is 1. The number of nitriles is 1. The van der Waals surface area contributed by atoms with Crippen molar-refractivity contribution in [3.63, 3.8) is 0 Å². The van der Waals surface area contributed by atoms with Crippen LogP contribution in [-0.4, -0.2) is 11.9 Å². The predicted molar refractivity (Wildman–Crippen MR) is 64.9 cm³/mol. The third-order valence-corrected chi connectivity index (χ3v) is 3.41. The van der Waals surface area contributed by atoms with E-state index >= 15 is 0 Å². The van der Waals surface area contributed by atoms with Crippen LogP contribution < -0.4 is 5.32 Å². The van der Waals surface area contributed by atoms with Gasteiger partial charge in [-0.3, -0.25) is 4.79 Å². The zero-order valence-corrected chi connectivity index (χ0v) is 10.3. The van der Waals surface area contributed by atoms with E-state index in [0.29, 0.717) is 0 Å². The Morgan fingerprint density at radius 2 is 2.21 bits per heavy atom. The fourth-order valence-electron chi connectivity index (χ4n) is 2.40. The van der Waals surface area contributed by atoms with Crippen molar-refractivity contribution >= 4 is 5.91 Å². The van der Waals surface area contributed by atoms with Crippen LogP contribution in [0.3, 0.4) is 0 Å². The number of amides is 1. The lowest BCUT2D eigenvalue weighted by Crippen LogP contribution is -2.37. The first kappa shape index (κ1) is 13.5. The molecular formula is C14H14F2N2O. The van der Waals surface area contributed by atoms with Crippen LogP contribution in [0.2, 0.25) is 0 Å². The number of nitrogens with one attached hydrogen (secondary N) is 1. The standard InChI is InChI=1S/C14H14F2N2O/c15-11-5-1-3-9(14(11)16)7-13(19)18-12-6-2-4-10(12)8-17/h1,3,5,10,12H,2,4,6-7H2,(H,18,19). The highest BCUT2D eigenvalue weighted by atomic mass is 19.2. The first-order valence-corrected chi connectivity index (χ1v) is 6.23. The van der Waals surface area contributed by atoms with Gasteiger partial charge in [0.15, 0.2) is 11.6 Å². The summed E-state index contributed by atoms with van der Waals surface area (Å²) in [7, 11) is 0. The molecule has 0 heterocycles. The first-order chi connectivity index (χ1) is 9.11. The summed E-state index contributed by atoms with van der Waals surface area (Å²) in [5, 5.41) is 11.6. The zero-order valence-electron chi connectivity index (χ0n) is 10.3. The molecule has 3 nitrogen and oxygen atoms in total. The van der Waals surface area contributed by atoms with E-state index in [4.69, 9.17) is 5.26 Å². The lowest BCUT2D eigenvalue weighted by atomic mass is 10.0. The number of rotatable bonds is 3. The van der Waals surface area contributed by atoms with Gasteiger partial charge in [0.1, 0.15) is 0 Å². The van der Waals surface area contributed by atoms with Crippen molar-refractivity contribution in [2.45, 2.75) is 31.7 Å². The average Bonchev–Trinajstić information content (AvgIpc) is 2.82. The normalized spacial score (nSPS) is 21.9. The van der Waals surface area contributed by atoms with Gasteiger partial charge in [0.05, 0.1) is 18.4 Å². The SMILES string of the molecule is N#CC1CCCC1NC(=O)Cc1cccc(F)c1F. The Morgan fingerprint density at radius 3 is 2.95 bits per heavy atom. The highest BCUT2D eigenvalue weighted by Gasteiger charge is 2.28. The molecule has 1 saturated carbocycles. The monoisotopic (exact) mass is 264 g/mol. The molecule has 0 saturated heterocycles. The van der Waals surface area contributed by atoms with Crippen molar-refractivity contribution in [1.82, 2.24) is 5.32 Å². The van der Waals surface area contributed by atoms with Crippen LogP contribution in [0.1, 0.15) is 24.8 Å². The van der Waals surface area contributed by atoms with Crippen molar-refractivity contribution in [3.05, 3.63) is 35.4 Å². The molecule has 0 spiro atoms. The number of carbonyl (C=O) groups is 1. The van der Waals surface area contributed by atoms with Crippen LogP contribution in [0.4, 0.5) is 8.78 Å². The first-order valence-electron chi connectivity index (χ1n) is 6.23. The molecule has 1 aliphatic rings. The zero-order chi connectivity index (χ0) is 13.8. The second-order valence-electron chi connectivity index (χ2n) is 4.73. The van der Waals surface area contributed by atoms with E-state index in [2.05, 4.69) is 11.4 Å². The third kappa shape index (κ3) is 3.08. The van der Waals surface area contributed by atoms with Gasteiger partial charge in [-0.1, -0.05) is 12.1 Å². The number of halogens is 2. The molecule has 0 radical (unpaired) electrons. The molecule has 0 aliphatic heterocycles. The summed E-state index contributed by atoms with van der Waals surface area (Å²) in [5.74, 6) is -2.50. The van der Waals surface area contributed by atoms with Gasteiger partial charge in [-0.15, -0.1) is 0 Å². The summed E-state index contributed by atoms with van der Waals surface area (Å²) >= 11 is 0. The van der Waals surface area contributed by atoms with E-state index in [1.165, 1.54) is 12.1 Å². The van der Waals surface area contributed by atoms with Crippen LogP contribution in [0, 0.1) is 28.9 Å². The summed E-state index contributed by atoms with van der Waals surface area (Å²) in [5.41, 5.74) is 0.0315. The largest absolute Gasteiger partial charge is 0.352 e. The van der Waals surface area contributed by atoms with Crippen molar-refractivity contribution < 1.29 is 13.6 Å². The summed E-state index contributed by atoms with van der Waals surface area (Å²) in [6.45, 7) is 0. The van der Waals surface area contributed by atoms with Gasteiger partial charge in [-0.05, 0) is 25.3 Å². The maximum Gasteiger partial charge on any atom is 0.224 e. The number of hydrogen-bond acceptors (Lipinski definition) is 2. The minimum absolute atomic E-state index is 0.0315. The van der Waals surface area contributed by atoms with E-state index in [0.717, 1.165) is 25.3 Å². The van der Waals surface area contributed by atoms with Crippen molar-refractivity contribution in [1.29, 1.82) is 5.26 Å². The minimum Gasteiger partial charge on any atom is -0.352 e. The van der Waals surface area contributed by atoms with Crippen molar-refractivity contribution in [2.75, 3.05) is 0 Å². The van der Waals surface area contributed by atoms with Crippen LogP contribution in [0.25, 0.3) is 0 Å². The van der Waals surface area contributed by atoms with E-state index in [-0.39, 0.29) is 29.9 Å². The predicted octanol–water partition coefficient (Wildman–Crippen LogP) is 2.32. The second kappa shape index (κ2) is 5.79. The summed E-state index contributed by atoms with van der Waals surface area (Å²) in [4.78, 5) is 11.8. The second-order valence-corrected chi connectivity index (χ2v) is 4.73. The maximum atomic E-state index is 13.4. The smallest absolute Gasteiger partial charge is 0.224 e. The molecule has 1 aromatic rings. The molecule has 5 heteroatoms. The molecule has 0 bridgehead atoms. The van der Waals surface area contributed by atoms with Gasteiger partial charge in [0, 0.05) is 11.6 Å². The molecule has 1 amide bonds. The van der Waals surface area contributed by atoms with Crippen LogP contribution in [-0.2, 0) is 11.2 Å². The molecule has 1 aliphatic carbocycles. The Balaban J connectivity index is 1.98. The van der Waals surface area contributed by atoms with Crippen LogP contribution in [0.15, 0.2) is 18.2 Å². The molecule has 19 heavy (non-hydrogen) atoms. The van der Waals surface area contributed by atoms with Crippen LogP contribution in [0.5, 0.6) is 0 Å².